The molecule has 2 aromatic rings. The van der Waals surface area contributed by atoms with Gasteiger partial charge in [0.25, 0.3) is 5.91 Å². The number of amides is 1. The number of nitrogen functional groups attached to an aromatic ring is 1. The zero-order valence-electron chi connectivity index (χ0n) is 11.8. The van der Waals surface area contributed by atoms with E-state index in [1.165, 1.54) is 19.3 Å². The Bertz CT molecular complexity index is 638. The number of anilines is 1. The summed E-state index contributed by atoms with van der Waals surface area (Å²) in [7, 11) is 0. The summed E-state index contributed by atoms with van der Waals surface area (Å²) >= 11 is 0. The summed E-state index contributed by atoms with van der Waals surface area (Å²) < 4.78 is 0. The number of H-pyrrole nitrogens is 1. The maximum absolute atomic E-state index is 12.5. The Kier molecular flexibility index (Phi) is 3.16. The van der Waals surface area contributed by atoms with Crippen molar-refractivity contribution in [1.29, 1.82) is 0 Å². The fourth-order valence-electron chi connectivity index (χ4n) is 3.12. The highest BCUT2D eigenvalue weighted by atomic mass is 16.1. The van der Waals surface area contributed by atoms with Crippen molar-refractivity contribution in [1.82, 2.24) is 10.3 Å². The molecule has 4 N–H and O–H groups in total. The molecule has 0 radical (unpaired) electrons. The molecule has 4 heteroatoms. The summed E-state index contributed by atoms with van der Waals surface area (Å²) in [5, 5.41) is 4.10. The topological polar surface area (TPSA) is 70.9 Å². The molecule has 1 amide bonds. The van der Waals surface area contributed by atoms with Gasteiger partial charge in [0.1, 0.15) is 0 Å². The van der Waals surface area contributed by atoms with Crippen LogP contribution < -0.4 is 11.1 Å². The monoisotopic (exact) mass is 271 g/mol. The average Bonchev–Trinajstić information content (AvgIpc) is 2.82. The van der Waals surface area contributed by atoms with E-state index in [-0.39, 0.29) is 11.4 Å². The van der Waals surface area contributed by atoms with Gasteiger partial charge in [-0.05, 0) is 38.0 Å². The molecule has 0 bridgehead atoms. The number of aromatic nitrogens is 1. The fourth-order valence-corrected chi connectivity index (χ4v) is 3.12. The Balaban J connectivity index is 1.87. The molecule has 0 aliphatic heterocycles. The fraction of sp³-hybridized carbons (Fsp3) is 0.438. The van der Waals surface area contributed by atoms with Gasteiger partial charge in [-0.15, -0.1) is 0 Å². The first-order valence-corrected chi connectivity index (χ1v) is 7.27. The van der Waals surface area contributed by atoms with E-state index in [1.807, 2.05) is 18.2 Å². The first-order chi connectivity index (χ1) is 9.57. The molecule has 1 aliphatic carbocycles. The third-order valence-electron chi connectivity index (χ3n) is 4.32. The molecule has 20 heavy (non-hydrogen) atoms. The number of nitrogens with two attached hydrogens (primary N) is 1. The van der Waals surface area contributed by atoms with E-state index in [2.05, 4.69) is 17.2 Å². The molecule has 1 aromatic carbocycles. The molecular formula is C16H21N3O. The van der Waals surface area contributed by atoms with Gasteiger partial charge in [0.2, 0.25) is 0 Å². The lowest BCUT2D eigenvalue weighted by molar-refractivity contribution is 0.0884. The van der Waals surface area contributed by atoms with E-state index >= 15 is 0 Å². The van der Waals surface area contributed by atoms with E-state index in [9.17, 15) is 4.79 Å². The van der Waals surface area contributed by atoms with Crippen molar-refractivity contribution in [2.24, 2.45) is 0 Å². The van der Waals surface area contributed by atoms with Gasteiger partial charge in [-0.3, -0.25) is 4.79 Å². The highest BCUT2D eigenvalue weighted by Crippen LogP contribution is 2.28. The quantitative estimate of drug-likeness (QED) is 0.734. The average molecular weight is 271 g/mol. The number of carbonyl (C=O) groups excluding carboxylic acids is 1. The van der Waals surface area contributed by atoms with Gasteiger partial charge in [0.15, 0.2) is 0 Å². The number of hydrogen-bond donors (Lipinski definition) is 3. The Morgan fingerprint density at radius 2 is 2.05 bits per heavy atom. The minimum atomic E-state index is -0.0702. The van der Waals surface area contributed by atoms with Crippen LogP contribution in [0.2, 0.25) is 0 Å². The molecule has 4 nitrogen and oxygen atoms in total. The largest absolute Gasteiger partial charge is 0.399 e. The highest BCUT2D eigenvalue weighted by molar-refractivity contribution is 6.07. The predicted octanol–water partition coefficient (Wildman–Crippen LogP) is 3.20. The van der Waals surface area contributed by atoms with Gasteiger partial charge >= 0.3 is 0 Å². The predicted molar refractivity (Wildman–Crippen MR) is 81.7 cm³/mol. The van der Waals surface area contributed by atoms with Gasteiger partial charge in [-0.2, -0.15) is 0 Å². The standard InChI is InChI=1S/C16H21N3O/c1-16(7-3-2-4-8-16)19-15(20)13-10-18-14-6-5-11(17)9-12(13)14/h5-6,9-10,18H,2-4,7-8,17H2,1H3,(H,19,20). The van der Waals surface area contributed by atoms with Crippen LogP contribution in [0.5, 0.6) is 0 Å². The Labute approximate surface area is 118 Å². The van der Waals surface area contributed by atoms with Gasteiger partial charge in [0.05, 0.1) is 5.56 Å². The van der Waals surface area contributed by atoms with Gasteiger partial charge in [-0.25, -0.2) is 0 Å². The normalized spacial score (nSPS) is 18.1. The Morgan fingerprint density at radius 3 is 2.80 bits per heavy atom. The molecular weight excluding hydrogens is 250 g/mol. The molecule has 1 aromatic heterocycles. The molecule has 0 atom stereocenters. The van der Waals surface area contributed by atoms with E-state index < -0.39 is 0 Å². The van der Waals surface area contributed by atoms with E-state index in [0.29, 0.717) is 11.3 Å². The van der Waals surface area contributed by atoms with Crippen molar-refractivity contribution in [2.45, 2.75) is 44.6 Å². The number of hydrogen-bond acceptors (Lipinski definition) is 2. The van der Waals surface area contributed by atoms with Crippen LogP contribution in [0.15, 0.2) is 24.4 Å². The summed E-state index contributed by atoms with van der Waals surface area (Å²) in [4.78, 5) is 15.7. The summed E-state index contributed by atoms with van der Waals surface area (Å²) in [6.07, 6.45) is 7.54. The first kappa shape index (κ1) is 13.0. The SMILES string of the molecule is CC1(NC(=O)c2c[nH]c3ccc(N)cc23)CCCCC1. The summed E-state index contributed by atoms with van der Waals surface area (Å²) in [6.45, 7) is 2.15. The summed E-state index contributed by atoms with van der Waals surface area (Å²) in [5.74, 6) is -0.00810. The second kappa shape index (κ2) is 4.85. The number of benzene rings is 1. The zero-order chi connectivity index (χ0) is 14.2. The van der Waals surface area contributed by atoms with Gasteiger partial charge < -0.3 is 16.0 Å². The van der Waals surface area contributed by atoms with Crippen LogP contribution in [0.1, 0.15) is 49.4 Å². The molecule has 1 heterocycles. The van der Waals surface area contributed by atoms with Crippen molar-refractivity contribution < 1.29 is 4.79 Å². The lowest BCUT2D eigenvalue weighted by Crippen LogP contribution is -2.47. The minimum absolute atomic E-state index is 0.00810. The van der Waals surface area contributed by atoms with Crippen LogP contribution in [0.3, 0.4) is 0 Å². The second-order valence-corrected chi connectivity index (χ2v) is 6.08. The lowest BCUT2D eigenvalue weighted by Gasteiger charge is -2.34. The minimum Gasteiger partial charge on any atom is -0.399 e. The second-order valence-electron chi connectivity index (χ2n) is 6.08. The lowest BCUT2D eigenvalue weighted by atomic mass is 9.83. The molecule has 0 unspecified atom stereocenters. The third kappa shape index (κ3) is 2.38. The molecule has 3 rings (SSSR count). The number of nitrogens with one attached hydrogen (secondary N) is 2. The van der Waals surface area contributed by atoms with Crippen molar-refractivity contribution in [3.8, 4) is 0 Å². The van der Waals surface area contributed by atoms with Gasteiger partial charge in [0, 0.05) is 28.3 Å². The van der Waals surface area contributed by atoms with E-state index in [0.717, 1.165) is 23.7 Å². The smallest absolute Gasteiger partial charge is 0.253 e. The van der Waals surface area contributed by atoms with Crippen LogP contribution in [0.4, 0.5) is 5.69 Å². The van der Waals surface area contributed by atoms with Crippen LogP contribution in [0, 0.1) is 0 Å². The molecule has 1 aliphatic rings. The highest BCUT2D eigenvalue weighted by Gasteiger charge is 2.29. The van der Waals surface area contributed by atoms with Crippen LogP contribution in [-0.2, 0) is 0 Å². The molecule has 1 saturated carbocycles. The third-order valence-corrected chi connectivity index (χ3v) is 4.32. The summed E-state index contributed by atoms with van der Waals surface area (Å²) in [6, 6.07) is 5.59. The number of aromatic amines is 1. The number of fused-ring (bicyclic) bond motifs is 1. The van der Waals surface area contributed by atoms with E-state index in [4.69, 9.17) is 5.73 Å². The zero-order valence-corrected chi connectivity index (χ0v) is 11.8. The van der Waals surface area contributed by atoms with Crippen LogP contribution >= 0.6 is 0 Å². The number of rotatable bonds is 2. The van der Waals surface area contributed by atoms with Crippen LogP contribution in [0.25, 0.3) is 10.9 Å². The van der Waals surface area contributed by atoms with Crippen molar-refractivity contribution >= 4 is 22.5 Å². The molecule has 0 saturated heterocycles. The van der Waals surface area contributed by atoms with Crippen molar-refractivity contribution in [3.63, 3.8) is 0 Å². The van der Waals surface area contributed by atoms with E-state index in [1.54, 1.807) is 6.20 Å². The van der Waals surface area contributed by atoms with Gasteiger partial charge in [-0.1, -0.05) is 19.3 Å². The molecule has 106 valence electrons. The Hall–Kier alpha value is -1.97. The molecule has 1 fully saturated rings. The first-order valence-electron chi connectivity index (χ1n) is 7.27. The maximum atomic E-state index is 12.5. The van der Waals surface area contributed by atoms with Crippen molar-refractivity contribution in [2.75, 3.05) is 5.73 Å². The molecule has 0 spiro atoms. The summed E-state index contributed by atoms with van der Waals surface area (Å²) in [5.41, 5.74) is 8.04. The number of carbonyl (C=O) groups is 1. The maximum Gasteiger partial charge on any atom is 0.253 e. The van der Waals surface area contributed by atoms with Crippen molar-refractivity contribution in [3.05, 3.63) is 30.0 Å². The van der Waals surface area contributed by atoms with Crippen LogP contribution in [-0.4, -0.2) is 16.4 Å². The Morgan fingerprint density at radius 1 is 1.30 bits per heavy atom.